The Morgan fingerprint density at radius 3 is 3.25 bits per heavy atom. The molecule has 2 aromatic rings. The number of carbonyl (C=O) groups excluding carboxylic acids is 1. The van der Waals surface area contributed by atoms with Gasteiger partial charge < -0.3 is 15.2 Å². The quantitative estimate of drug-likeness (QED) is 0.860. The molecule has 0 saturated carbocycles. The van der Waals surface area contributed by atoms with Gasteiger partial charge in [0.25, 0.3) is 0 Å². The third-order valence-corrected chi connectivity index (χ3v) is 3.66. The molecule has 1 aliphatic rings. The monoisotopic (exact) mass is 274 g/mol. The van der Waals surface area contributed by atoms with Crippen LogP contribution in [0, 0.1) is 5.92 Å². The van der Waals surface area contributed by atoms with E-state index in [0.29, 0.717) is 11.6 Å². The molecule has 2 aromatic heterocycles. The number of nitrogens with one attached hydrogen (secondary N) is 2. The van der Waals surface area contributed by atoms with Crippen molar-refractivity contribution in [3.63, 3.8) is 0 Å². The normalized spacial score (nSPS) is 19.2. The van der Waals surface area contributed by atoms with Crippen LogP contribution in [0.3, 0.4) is 0 Å². The number of aromatic nitrogens is 4. The predicted molar refractivity (Wildman–Crippen MR) is 75.3 cm³/mol. The summed E-state index contributed by atoms with van der Waals surface area (Å²) < 4.78 is 0. The van der Waals surface area contributed by atoms with E-state index in [1.165, 1.54) is 0 Å². The average Bonchev–Trinajstić information content (AvgIpc) is 2.93. The number of nitrogens with zero attached hydrogens (tertiary/aromatic N) is 4. The molecular formula is C13H18N6O. The first kappa shape index (κ1) is 12.8. The van der Waals surface area contributed by atoms with Crippen LogP contribution in [-0.2, 0) is 4.79 Å². The van der Waals surface area contributed by atoms with E-state index < -0.39 is 0 Å². The van der Waals surface area contributed by atoms with Crippen LogP contribution >= 0.6 is 0 Å². The maximum Gasteiger partial charge on any atom is 0.216 e. The van der Waals surface area contributed by atoms with E-state index in [0.717, 1.165) is 43.8 Å². The summed E-state index contributed by atoms with van der Waals surface area (Å²) in [4.78, 5) is 29.1. The van der Waals surface area contributed by atoms with Gasteiger partial charge in [-0.2, -0.15) is 0 Å². The molecule has 0 radical (unpaired) electrons. The molecule has 20 heavy (non-hydrogen) atoms. The van der Waals surface area contributed by atoms with Crippen molar-refractivity contribution in [1.29, 1.82) is 0 Å². The van der Waals surface area contributed by atoms with Crippen molar-refractivity contribution >= 4 is 22.9 Å². The van der Waals surface area contributed by atoms with Crippen molar-refractivity contribution in [3.05, 3.63) is 12.7 Å². The number of H-pyrrole nitrogens is 1. The number of hydrogen-bond donors (Lipinski definition) is 2. The topological polar surface area (TPSA) is 86.8 Å². The molecule has 0 aliphatic carbocycles. The molecule has 106 valence electrons. The lowest BCUT2D eigenvalue weighted by molar-refractivity contribution is -0.119. The van der Waals surface area contributed by atoms with E-state index in [1.807, 2.05) is 0 Å². The Morgan fingerprint density at radius 2 is 2.40 bits per heavy atom. The molecule has 7 heteroatoms. The fraction of sp³-hybridized carbons (Fsp3) is 0.538. The molecule has 1 saturated heterocycles. The summed E-state index contributed by atoms with van der Waals surface area (Å²) in [6.45, 7) is 4.15. The SMILES string of the molecule is CC(=O)NCC1CCCN(c2ncnc3nc[nH]c23)C1. The molecule has 0 spiro atoms. The lowest BCUT2D eigenvalue weighted by Crippen LogP contribution is -2.41. The van der Waals surface area contributed by atoms with E-state index >= 15 is 0 Å². The maximum absolute atomic E-state index is 11.0. The second-order valence-electron chi connectivity index (χ2n) is 5.19. The largest absolute Gasteiger partial charge is 0.356 e. The zero-order valence-corrected chi connectivity index (χ0v) is 11.5. The number of carbonyl (C=O) groups is 1. The molecule has 1 amide bonds. The van der Waals surface area contributed by atoms with Gasteiger partial charge in [0.2, 0.25) is 5.91 Å². The number of imidazole rings is 1. The first-order chi connectivity index (χ1) is 9.74. The highest BCUT2D eigenvalue weighted by Crippen LogP contribution is 2.25. The lowest BCUT2D eigenvalue weighted by Gasteiger charge is -2.33. The summed E-state index contributed by atoms with van der Waals surface area (Å²) in [6, 6.07) is 0. The van der Waals surface area contributed by atoms with E-state index in [2.05, 4.69) is 30.2 Å². The molecular weight excluding hydrogens is 256 g/mol. The standard InChI is InChI=1S/C13H18N6O/c1-9(20)14-5-10-3-2-4-19(6-10)13-11-12(16-7-15-11)17-8-18-13/h7-8,10H,2-6H2,1H3,(H,14,20)(H,15,16,17,18). The molecule has 0 aromatic carbocycles. The Bertz CT molecular complexity index is 610. The van der Waals surface area contributed by atoms with E-state index in [1.54, 1.807) is 19.6 Å². The van der Waals surface area contributed by atoms with Gasteiger partial charge in [-0.1, -0.05) is 0 Å². The number of hydrogen-bond acceptors (Lipinski definition) is 5. The van der Waals surface area contributed by atoms with E-state index in [4.69, 9.17) is 0 Å². The highest BCUT2D eigenvalue weighted by Gasteiger charge is 2.23. The van der Waals surface area contributed by atoms with Crippen LogP contribution in [0.15, 0.2) is 12.7 Å². The van der Waals surface area contributed by atoms with Crippen LogP contribution in [0.5, 0.6) is 0 Å². The smallest absolute Gasteiger partial charge is 0.216 e. The summed E-state index contributed by atoms with van der Waals surface area (Å²) in [5.41, 5.74) is 1.58. The molecule has 2 N–H and O–H groups in total. The molecule has 3 rings (SSSR count). The van der Waals surface area contributed by atoms with Gasteiger partial charge in [0.15, 0.2) is 11.5 Å². The first-order valence-electron chi connectivity index (χ1n) is 6.87. The Hall–Kier alpha value is -2.18. The van der Waals surface area contributed by atoms with Crippen LogP contribution in [-0.4, -0.2) is 45.5 Å². The highest BCUT2D eigenvalue weighted by atomic mass is 16.1. The minimum absolute atomic E-state index is 0.0279. The van der Waals surface area contributed by atoms with Gasteiger partial charge in [0, 0.05) is 26.6 Å². The van der Waals surface area contributed by atoms with Crippen molar-refractivity contribution in [2.75, 3.05) is 24.5 Å². The zero-order chi connectivity index (χ0) is 13.9. The lowest BCUT2D eigenvalue weighted by atomic mass is 9.98. The third kappa shape index (κ3) is 2.56. The maximum atomic E-state index is 11.0. The van der Waals surface area contributed by atoms with Crippen molar-refractivity contribution in [1.82, 2.24) is 25.3 Å². The van der Waals surface area contributed by atoms with Gasteiger partial charge in [-0.15, -0.1) is 0 Å². The molecule has 1 aliphatic heterocycles. The Balaban J connectivity index is 1.76. The molecule has 3 heterocycles. The van der Waals surface area contributed by atoms with Crippen LogP contribution in [0.1, 0.15) is 19.8 Å². The zero-order valence-electron chi connectivity index (χ0n) is 11.5. The predicted octanol–water partition coefficient (Wildman–Crippen LogP) is 0.705. The van der Waals surface area contributed by atoms with Crippen molar-refractivity contribution in [2.24, 2.45) is 5.92 Å². The van der Waals surface area contributed by atoms with Gasteiger partial charge in [-0.25, -0.2) is 15.0 Å². The summed E-state index contributed by atoms with van der Waals surface area (Å²) >= 11 is 0. The van der Waals surface area contributed by atoms with Crippen LogP contribution < -0.4 is 10.2 Å². The van der Waals surface area contributed by atoms with Gasteiger partial charge in [0.05, 0.1) is 6.33 Å². The van der Waals surface area contributed by atoms with Gasteiger partial charge >= 0.3 is 0 Å². The fourth-order valence-electron chi connectivity index (χ4n) is 2.70. The molecule has 1 fully saturated rings. The summed E-state index contributed by atoms with van der Waals surface area (Å²) in [6.07, 6.45) is 5.43. The van der Waals surface area contributed by atoms with Gasteiger partial charge in [-0.05, 0) is 18.8 Å². The fourth-order valence-corrected chi connectivity index (χ4v) is 2.70. The number of aromatic amines is 1. The van der Waals surface area contributed by atoms with Gasteiger partial charge in [0.1, 0.15) is 11.8 Å². The molecule has 1 atom stereocenters. The first-order valence-corrected chi connectivity index (χ1v) is 6.87. The number of rotatable bonds is 3. The number of anilines is 1. The Kier molecular flexibility index (Phi) is 3.49. The number of amides is 1. The number of fused-ring (bicyclic) bond motifs is 1. The van der Waals surface area contributed by atoms with Crippen LogP contribution in [0.2, 0.25) is 0 Å². The molecule has 0 bridgehead atoms. The molecule has 7 nitrogen and oxygen atoms in total. The Labute approximate surface area is 116 Å². The van der Waals surface area contributed by atoms with Crippen LogP contribution in [0.25, 0.3) is 11.2 Å². The second-order valence-corrected chi connectivity index (χ2v) is 5.19. The minimum atomic E-state index is 0.0279. The van der Waals surface area contributed by atoms with E-state index in [9.17, 15) is 4.79 Å². The average molecular weight is 274 g/mol. The summed E-state index contributed by atoms with van der Waals surface area (Å²) in [7, 11) is 0. The van der Waals surface area contributed by atoms with Crippen molar-refractivity contribution < 1.29 is 4.79 Å². The summed E-state index contributed by atoms with van der Waals surface area (Å²) in [5.74, 6) is 1.39. The third-order valence-electron chi connectivity index (χ3n) is 3.66. The van der Waals surface area contributed by atoms with Gasteiger partial charge in [-0.3, -0.25) is 4.79 Å². The van der Waals surface area contributed by atoms with Crippen LogP contribution in [0.4, 0.5) is 5.82 Å². The van der Waals surface area contributed by atoms with Crippen molar-refractivity contribution in [2.45, 2.75) is 19.8 Å². The van der Waals surface area contributed by atoms with Crippen molar-refractivity contribution in [3.8, 4) is 0 Å². The highest BCUT2D eigenvalue weighted by molar-refractivity contribution is 5.82. The molecule has 1 unspecified atom stereocenters. The second kappa shape index (κ2) is 5.44. The minimum Gasteiger partial charge on any atom is -0.356 e. The Morgan fingerprint density at radius 1 is 1.50 bits per heavy atom. The van der Waals surface area contributed by atoms with E-state index in [-0.39, 0.29) is 5.91 Å². The number of piperidine rings is 1. The summed E-state index contributed by atoms with van der Waals surface area (Å²) in [5, 5.41) is 2.90.